The van der Waals surface area contributed by atoms with E-state index in [4.69, 9.17) is 39.5 Å². The van der Waals surface area contributed by atoms with Crippen LogP contribution in [0.5, 0.6) is 0 Å². The molecule has 0 N–H and O–H groups in total. The number of aromatic nitrogens is 2. The van der Waals surface area contributed by atoms with Crippen LogP contribution in [0.2, 0.25) is 10.0 Å². The number of hydrogen-bond acceptors (Lipinski definition) is 2. The molecular weight excluding hydrogens is 307 g/mol. The second-order valence-electron chi connectivity index (χ2n) is 4.34. The predicted molar refractivity (Wildman–Crippen MR) is 80.5 cm³/mol. The summed E-state index contributed by atoms with van der Waals surface area (Å²) in [5.41, 5.74) is 1.77. The Hall–Kier alpha value is -0.480. The van der Waals surface area contributed by atoms with Crippen molar-refractivity contribution in [3.63, 3.8) is 0 Å². The summed E-state index contributed by atoms with van der Waals surface area (Å²) in [6.07, 6.45) is 0.888. The van der Waals surface area contributed by atoms with E-state index in [0.29, 0.717) is 16.7 Å². The van der Waals surface area contributed by atoms with Gasteiger partial charge in [0.25, 0.3) is 0 Å². The van der Waals surface area contributed by atoms with E-state index >= 15 is 0 Å². The molecule has 0 radical (unpaired) electrons. The molecular formula is C13H15Cl3N2O. The quantitative estimate of drug-likeness (QED) is 0.590. The normalized spacial score (nSPS) is 13.1. The van der Waals surface area contributed by atoms with Gasteiger partial charge in [-0.1, -0.05) is 23.2 Å². The Morgan fingerprint density at radius 2 is 2.00 bits per heavy atom. The zero-order chi connectivity index (χ0) is 14.0. The lowest BCUT2D eigenvalue weighted by molar-refractivity contribution is 0.190. The summed E-state index contributed by atoms with van der Waals surface area (Å²) >= 11 is 18.3. The molecule has 3 nitrogen and oxygen atoms in total. The fourth-order valence-electron chi connectivity index (χ4n) is 2.04. The number of imidazole rings is 1. The van der Waals surface area contributed by atoms with Crippen LogP contribution in [0.1, 0.15) is 24.5 Å². The zero-order valence-electron chi connectivity index (χ0n) is 10.8. The largest absolute Gasteiger partial charge is 0.385 e. The van der Waals surface area contributed by atoms with Crippen molar-refractivity contribution in [1.82, 2.24) is 9.55 Å². The van der Waals surface area contributed by atoms with E-state index < -0.39 is 0 Å². The maximum absolute atomic E-state index is 6.19. The van der Waals surface area contributed by atoms with Gasteiger partial charge in [-0.05, 0) is 25.5 Å². The molecule has 2 rings (SSSR count). The SMILES string of the molecule is COCCCn1c(C(C)Cl)nc2cc(Cl)c(Cl)cc21. The van der Waals surface area contributed by atoms with Crippen molar-refractivity contribution >= 4 is 45.8 Å². The van der Waals surface area contributed by atoms with Gasteiger partial charge in [0.05, 0.1) is 26.5 Å². The van der Waals surface area contributed by atoms with Gasteiger partial charge in [-0.25, -0.2) is 4.98 Å². The average Bonchev–Trinajstić information content (AvgIpc) is 2.69. The van der Waals surface area contributed by atoms with Crippen LogP contribution in [-0.4, -0.2) is 23.3 Å². The van der Waals surface area contributed by atoms with Gasteiger partial charge in [-0.2, -0.15) is 0 Å². The Morgan fingerprint density at radius 1 is 1.32 bits per heavy atom. The average molecular weight is 322 g/mol. The summed E-state index contributed by atoms with van der Waals surface area (Å²) in [5, 5.41) is 0.854. The molecule has 0 fully saturated rings. The molecule has 1 atom stereocenters. The van der Waals surface area contributed by atoms with Crippen LogP contribution in [0.25, 0.3) is 11.0 Å². The first-order chi connectivity index (χ1) is 9.04. The Labute approximate surface area is 127 Å². The number of halogens is 3. The topological polar surface area (TPSA) is 27.1 Å². The van der Waals surface area contributed by atoms with E-state index in [0.717, 1.165) is 29.8 Å². The van der Waals surface area contributed by atoms with E-state index in [9.17, 15) is 0 Å². The molecule has 0 amide bonds. The van der Waals surface area contributed by atoms with Gasteiger partial charge in [-0.3, -0.25) is 0 Å². The van der Waals surface area contributed by atoms with Crippen molar-refractivity contribution in [2.24, 2.45) is 0 Å². The second-order valence-corrected chi connectivity index (χ2v) is 5.81. The fraction of sp³-hybridized carbons (Fsp3) is 0.462. The van der Waals surface area contributed by atoms with E-state index in [1.165, 1.54) is 0 Å². The van der Waals surface area contributed by atoms with Crippen LogP contribution >= 0.6 is 34.8 Å². The summed E-state index contributed by atoms with van der Waals surface area (Å²) in [5.74, 6) is 0.825. The number of rotatable bonds is 5. The van der Waals surface area contributed by atoms with Gasteiger partial charge in [-0.15, -0.1) is 11.6 Å². The first kappa shape index (κ1) is 14.9. The molecule has 1 aromatic carbocycles. The van der Waals surface area contributed by atoms with Crippen LogP contribution in [0, 0.1) is 0 Å². The molecule has 104 valence electrons. The van der Waals surface area contributed by atoms with E-state index in [2.05, 4.69) is 9.55 Å². The third kappa shape index (κ3) is 3.16. The number of ether oxygens (including phenoxy) is 1. The number of hydrogen-bond donors (Lipinski definition) is 0. The lowest BCUT2D eigenvalue weighted by atomic mass is 10.3. The summed E-state index contributed by atoms with van der Waals surface area (Å²) in [6, 6.07) is 3.61. The molecule has 0 bridgehead atoms. The first-order valence-corrected chi connectivity index (χ1v) is 7.22. The van der Waals surface area contributed by atoms with Crippen molar-refractivity contribution in [3.05, 3.63) is 28.0 Å². The van der Waals surface area contributed by atoms with Gasteiger partial charge in [0.1, 0.15) is 5.82 Å². The van der Waals surface area contributed by atoms with Crippen LogP contribution in [0.15, 0.2) is 12.1 Å². The van der Waals surface area contributed by atoms with Gasteiger partial charge in [0.2, 0.25) is 0 Å². The Morgan fingerprint density at radius 3 is 2.63 bits per heavy atom. The molecule has 0 spiro atoms. The molecule has 6 heteroatoms. The van der Waals surface area contributed by atoms with Gasteiger partial charge in [0.15, 0.2) is 0 Å². The molecule has 0 aliphatic carbocycles. The lowest BCUT2D eigenvalue weighted by Crippen LogP contribution is -2.06. The van der Waals surface area contributed by atoms with Gasteiger partial charge >= 0.3 is 0 Å². The smallest absolute Gasteiger partial charge is 0.127 e. The molecule has 0 aliphatic heterocycles. The van der Waals surface area contributed by atoms with Crippen molar-refractivity contribution in [2.45, 2.75) is 25.3 Å². The highest BCUT2D eigenvalue weighted by Crippen LogP contribution is 2.31. The molecule has 1 heterocycles. The number of nitrogens with zero attached hydrogens (tertiary/aromatic N) is 2. The zero-order valence-corrected chi connectivity index (χ0v) is 13.1. The van der Waals surface area contributed by atoms with E-state index in [-0.39, 0.29) is 5.38 Å². The number of fused-ring (bicyclic) bond motifs is 1. The van der Waals surface area contributed by atoms with Gasteiger partial charge < -0.3 is 9.30 Å². The highest BCUT2D eigenvalue weighted by molar-refractivity contribution is 6.42. The van der Waals surface area contributed by atoms with Crippen LogP contribution < -0.4 is 0 Å². The summed E-state index contributed by atoms with van der Waals surface area (Å²) in [7, 11) is 1.69. The van der Waals surface area contributed by atoms with Crippen LogP contribution in [0.4, 0.5) is 0 Å². The monoisotopic (exact) mass is 320 g/mol. The minimum Gasteiger partial charge on any atom is -0.385 e. The molecule has 0 saturated carbocycles. The molecule has 0 aliphatic rings. The number of alkyl halides is 1. The highest BCUT2D eigenvalue weighted by Gasteiger charge is 2.16. The summed E-state index contributed by atoms with van der Waals surface area (Å²) in [6.45, 7) is 3.38. The highest BCUT2D eigenvalue weighted by atomic mass is 35.5. The number of benzene rings is 1. The molecule has 0 saturated heterocycles. The Bertz CT molecular complexity index is 581. The maximum atomic E-state index is 6.19. The Kier molecular flexibility index (Phi) is 4.96. The molecule has 1 aromatic heterocycles. The fourth-order valence-corrected chi connectivity index (χ4v) is 2.53. The van der Waals surface area contributed by atoms with Crippen molar-refractivity contribution in [3.8, 4) is 0 Å². The van der Waals surface area contributed by atoms with Crippen LogP contribution in [-0.2, 0) is 11.3 Å². The van der Waals surface area contributed by atoms with Crippen molar-refractivity contribution < 1.29 is 4.74 Å². The molecule has 19 heavy (non-hydrogen) atoms. The standard InChI is InChI=1S/C13H15Cl3N2O/c1-8(14)13-17-11-6-9(15)10(16)7-12(11)18(13)4-3-5-19-2/h6-8H,3-5H2,1-2H3. The number of aryl methyl sites for hydroxylation is 1. The third-order valence-electron chi connectivity index (χ3n) is 2.91. The van der Waals surface area contributed by atoms with Crippen molar-refractivity contribution in [2.75, 3.05) is 13.7 Å². The van der Waals surface area contributed by atoms with Crippen molar-refractivity contribution in [1.29, 1.82) is 0 Å². The van der Waals surface area contributed by atoms with E-state index in [1.807, 2.05) is 13.0 Å². The molecule has 2 aromatic rings. The minimum absolute atomic E-state index is 0.174. The van der Waals surface area contributed by atoms with Crippen LogP contribution in [0.3, 0.4) is 0 Å². The van der Waals surface area contributed by atoms with Gasteiger partial charge in [0, 0.05) is 20.3 Å². The first-order valence-electron chi connectivity index (χ1n) is 6.02. The maximum Gasteiger partial charge on any atom is 0.127 e. The predicted octanol–water partition coefficient (Wildman–Crippen LogP) is 4.68. The third-order valence-corrected chi connectivity index (χ3v) is 3.82. The van der Waals surface area contributed by atoms with E-state index in [1.54, 1.807) is 13.2 Å². The minimum atomic E-state index is -0.174. The molecule has 1 unspecified atom stereocenters. The summed E-state index contributed by atoms with van der Waals surface area (Å²) in [4.78, 5) is 4.54. The Balaban J connectivity index is 2.49. The lowest BCUT2D eigenvalue weighted by Gasteiger charge is -2.10. The summed E-state index contributed by atoms with van der Waals surface area (Å²) < 4.78 is 7.16. The second kappa shape index (κ2) is 6.31. The number of methoxy groups -OCH3 is 1.